The van der Waals surface area contributed by atoms with Gasteiger partial charge in [-0.15, -0.1) is 0 Å². The van der Waals surface area contributed by atoms with E-state index in [9.17, 15) is 9.59 Å². The lowest BCUT2D eigenvalue weighted by atomic mass is 11.2. The van der Waals surface area contributed by atoms with Crippen molar-refractivity contribution < 1.29 is 23.9 Å². The summed E-state index contributed by atoms with van der Waals surface area (Å²) in [5.74, 6) is -4.11. The second-order valence-electron chi connectivity index (χ2n) is 1.15. The van der Waals surface area contributed by atoms with Crippen LogP contribution in [0, 0.1) is 0 Å². The molecule has 0 aromatic carbocycles. The Morgan fingerprint density at radius 1 is 1.78 bits per heavy atom. The quantitative estimate of drug-likeness (QED) is 0.341. The van der Waals surface area contributed by atoms with E-state index < -0.39 is 24.3 Å². The van der Waals surface area contributed by atoms with E-state index in [0.29, 0.717) is 0 Å². The molecule has 0 radical (unpaired) electrons. The number of carbonyl (C=O) groups is 2. The minimum Gasteiger partial charge on any atom is -0.481 e. The molecule has 0 rings (SSSR count). The van der Waals surface area contributed by atoms with Gasteiger partial charge in [0.25, 0.3) is 0 Å². The Morgan fingerprint density at radius 2 is 2.22 bits per heavy atom. The first kappa shape index (κ1) is 3.84. The first-order valence-corrected chi connectivity index (χ1v) is 1.89. The van der Waals surface area contributed by atoms with Crippen molar-refractivity contribution in [2.75, 3.05) is 0 Å². The van der Waals surface area contributed by atoms with Gasteiger partial charge < -0.3 is 15.9 Å². The van der Waals surface area contributed by atoms with E-state index in [0.717, 1.165) is 0 Å². The van der Waals surface area contributed by atoms with E-state index >= 15 is 0 Å². The molecule has 0 fully saturated rings. The van der Waals surface area contributed by atoms with Crippen molar-refractivity contribution in [1.29, 1.82) is 0 Å². The van der Waals surface area contributed by atoms with Crippen molar-refractivity contribution in [2.45, 2.75) is 12.4 Å². The van der Waals surface area contributed by atoms with Crippen molar-refractivity contribution in [3.63, 3.8) is 0 Å². The van der Waals surface area contributed by atoms with E-state index in [1.54, 1.807) is 0 Å². The average molecular weight is 141 g/mol. The Balaban J connectivity index is 5.01. The highest BCUT2D eigenvalue weighted by Gasteiger charge is 2.14. The second kappa shape index (κ2) is 3.03. The number of aliphatic carboxylic acids is 2. The zero-order chi connectivity index (χ0) is 10.2. The van der Waals surface area contributed by atoms with Crippen molar-refractivity contribution in [3.05, 3.63) is 0 Å². The van der Waals surface area contributed by atoms with Crippen LogP contribution in [0.5, 0.6) is 0 Å². The fourth-order valence-electron chi connectivity index (χ4n) is 0.169. The molecule has 0 amide bonds. The van der Waals surface area contributed by atoms with Crippen LogP contribution < -0.4 is 5.73 Å². The predicted octanol–water partition coefficient (Wildman–Crippen LogP) is -1.13. The molecule has 9 heavy (non-hydrogen) atoms. The zero-order valence-electron chi connectivity index (χ0n) is 7.29. The van der Waals surface area contributed by atoms with Crippen LogP contribution in [-0.2, 0) is 9.59 Å². The van der Waals surface area contributed by atoms with Gasteiger partial charge >= 0.3 is 11.9 Å². The van der Waals surface area contributed by atoms with Gasteiger partial charge in [-0.05, 0) is 0 Å². The third-order valence-corrected chi connectivity index (χ3v) is 0.472. The normalized spacial score (nSPS) is 22.6. The van der Waals surface area contributed by atoms with E-state index in [1.807, 2.05) is 0 Å². The monoisotopic (exact) mass is 141 g/mol. The highest BCUT2D eigenvalue weighted by atomic mass is 16.5. The molecule has 0 saturated carbocycles. The molecule has 0 aliphatic rings. The molecule has 5 nitrogen and oxygen atoms in total. The zero-order valence-corrected chi connectivity index (χ0v) is 4.29. The van der Waals surface area contributed by atoms with Crippen LogP contribution in [0.2, 0.25) is 0 Å². The molecule has 1 atom stereocenters. The van der Waals surface area contributed by atoms with Gasteiger partial charge in [0.1, 0.15) is 6.02 Å². The molecule has 5 heteroatoms. The van der Waals surface area contributed by atoms with E-state index in [4.69, 9.17) is 14.3 Å². The van der Waals surface area contributed by atoms with Crippen LogP contribution in [0.1, 0.15) is 10.5 Å². The van der Waals surface area contributed by atoms with Gasteiger partial charge in [-0.25, -0.2) is 0 Å². The third kappa shape index (κ3) is 3.48. The maximum atomic E-state index is 10.2. The molecule has 0 unspecified atom stereocenters. The Labute approximate surface area is 55.3 Å². The first-order chi connectivity index (χ1) is 5.14. The van der Waals surface area contributed by atoms with Crippen LogP contribution in [0.4, 0.5) is 0 Å². The second-order valence-corrected chi connectivity index (χ2v) is 1.15. The fourth-order valence-corrected chi connectivity index (χ4v) is 0.169. The molecule has 0 bridgehead atoms. The highest BCUT2D eigenvalue weighted by Crippen LogP contribution is 1.86. The smallest absolute Gasteiger partial charge is 0.321 e. The van der Waals surface area contributed by atoms with Gasteiger partial charge in [0.05, 0.1) is 7.74 Å². The van der Waals surface area contributed by atoms with Crippen molar-refractivity contribution >= 4 is 11.9 Å². The number of rotatable bonds is 3. The summed E-state index contributed by atoms with van der Waals surface area (Å²) >= 11 is 0. The molecule has 0 aliphatic carbocycles. The maximum Gasteiger partial charge on any atom is 0.321 e. The highest BCUT2D eigenvalue weighted by molar-refractivity contribution is 5.80. The van der Waals surface area contributed by atoms with Crippen LogP contribution in [0.3, 0.4) is 0 Å². The molecule has 52 valence electrons. The molecular weight excluding hydrogens is 131 g/mol. The van der Waals surface area contributed by atoms with Crippen molar-refractivity contribution in [3.8, 4) is 0 Å². The summed E-state index contributed by atoms with van der Waals surface area (Å²) in [5.41, 5.74) is 4.65. The number of hydrogen-bond donors (Lipinski definition) is 3. The minimum atomic E-state index is -3.32. The summed E-state index contributed by atoms with van der Waals surface area (Å²) in [6.07, 6.45) is -3.32. The predicted molar refractivity (Wildman–Crippen MR) is 27.9 cm³/mol. The van der Waals surface area contributed by atoms with E-state index in [1.165, 1.54) is 0 Å². The summed E-state index contributed by atoms with van der Waals surface area (Å²) in [7, 11) is 0. The Morgan fingerprint density at radius 3 is 2.33 bits per heavy atom. The third-order valence-electron chi connectivity index (χ3n) is 0.472. The summed E-state index contributed by atoms with van der Waals surface area (Å²) in [6, 6.07) is -3.18. The maximum absolute atomic E-state index is 10.2. The van der Waals surface area contributed by atoms with Gasteiger partial charge in [-0.3, -0.25) is 9.59 Å². The van der Waals surface area contributed by atoms with Crippen LogP contribution >= 0.6 is 0 Å². The average Bonchev–Trinajstić information content (AvgIpc) is 1.86. The summed E-state index contributed by atoms with van der Waals surface area (Å²) in [6.45, 7) is 0. The van der Waals surface area contributed by atoms with Crippen LogP contribution in [0.15, 0.2) is 0 Å². The summed E-state index contributed by atoms with van der Waals surface area (Å²) in [5, 5.41) is 16.4. The molecule has 0 aliphatic heterocycles. The Kier molecular flexibility index (Phi) is 1.29. The molecule has 0 saturated heterocycles. The van der Waals surface area contributed by atoms with Crippen LogP contribution in [-0.4, -0.2) is 28.2 Å². The topological polar surface area (TPSA) is 101 Å². The van der Waals surface area contributed by atoms with Crippen LogP contribution in [0.25, 0.3) is 0 Å². The number of hydrogen-bond acceptors (Lipinski definition) is 3. The van der Waals surface area contributed by atoms with Gasteiger partial charge in [0.15, 0.2) is 0 Å². The lowest BCUT2D eigenvalue weighted by Gasteiger charge is -1.99. The largest absolute Gasteiger partial charge is 0.481 e. The Hall–Kier alpha value is -1.10. The lowest BCUT2D eigenvalue weighted by molar-refractivity contribution is -0.144. The van der Waals surface area contributed by atoms with E-state index in [2.05, 4.69) is 5.73 Å². The van der Waals surface area contributed by atoms with Crippen molar-refractivity contribution in [1.82, 2.24) is 0 Å². The van der Waals surface area contributed by atoms with Gasteiger partial charge in [-0.1, -0.05) is 0 Å². The summed E-state index contributed by atoms with van der Waals surface area (Å²) in [4.78, 5) is 20.3. The number of carboxylic acids is 2. The minimum absolute atomic E-state index is 2.03. The molecule has 0 spiro atoms. The fraction of sp³-hybridized carbons (Fsp3) is 0.500. The summed E-state index contributed by atoms with van der Waals surface area (Å²) < 4.78 is 20.1. The first-order valence-electron chi connectivity index (χ1n) is 3.39. The van der Waals surface area contributed by atoms with Gasteiger partial charge in [-0.2, -0.15) is 0 Å². The molecule has 4 N–H and O–H groups in total. The SMILES string of the molecule is [2H][13C]([2H])([13C](=O)O)[13C@]([2H])([15NH2])[13C](=O)O. The Bertz CT molecular complexity index is 202. The molecule has 0 aromatic rings. The number of nitrogens with two attached hydrogens (primary N) is 1. The van der Waals surface area contributed by atoms with Gasteiger partial charge in [0, 0.05) is 2.74 Å². The van der Waals surface area contributed by atoms with E-state index in [-0.39, 0.29) is 0 Å². The standard InChI is InChI=1S/C4H7NO4/c5-2(4(8)9)1-3(6)7/h2H,1,5H2,(H,6,7)(H,8,9)/t2-/m0/s1/i1+1D2,2+1D,3+1,4+1,5+1. The van der Waals surface area contributed by atoms with Gasteiger partial charge in [0.2, 0.25) is 0 Å². The molecular formula is C4H7NO4. The van der Waals surface area contributed by atoms with Crippen molar-refractivity contribution in [2.24, 2.45) is 5.73 Å². The lowest BCUT2D eigenvalue weighted by Crippen LogP contribution is -2.32. The molecule has 0 heterocycles. The number of carboxylic acid groups (broad SMARTS) is 2. The molecule has 0 aromatic heterocycles.